The molecule has 10 heavy (non-hydrogen) atoms. The molecule has 0 spiro atoms. The molecule has 0 amide bonds. The van der Waals surface area contributed by atoms with Crippen molar-refractivity contribution in [1.82, 2.24) is 0 Å². The Morgan fingerprint density at radius 2 is 2.30 bits per heavy atom. The van der Waals surface area contributed by atoms with Crippen molar-refractivity contribution in [1.29, 1.82) is 0 Å². The van der Waals surface area contributed by atoms with Crippen molar-refractivity contribution >= 4 is 0 Å². The van der Waals surface area contributed by atoms with Gasteiger partial charge < -0.3 is 9.84 Å². The zero-order valence-electron chi connectivity index (χ0n) is 5.92. The van der Waals surface area contributed by atoms with Crippen LogP contribution in [0.4, 0.5) is 0 Å². The first kappa shape index (κ1) is 6.93. The summed E-state index contributed by atoms with van der Waals surface area (Å²) in [6.07, 6.45) is 3.97. The first-order valence-corrected chi connectivity index (χ1v) is 3.06. The van der Waals surface area contributed by atoms with Gasteiger partial charge in [-0.15, -0.1) is 0 Å². The minimum Gasteiger partial charge on any atom is -0.504 e. The molecule has 0 bridgehead atoms. The number of hydrogen-bond acceptors (Lipinski definition) is 2. The van der Waals surface area contributed by atoms with Gasteiger partial charge in [0.05, 0.1) is 7.11 Å². The summed E-state index contributed by atoms with van der Waals surface area (Å²) in [7, 11) is 1.54. The van der Waals surface area contributed by atoms with E-state index in [9.17, 15) is 0 Å². The summed E-state index contributed by atoms with van der Waals surface area (Å²) in [5, 5.41) is 9.11. The van der Waals surface area contributed by atoms with Gasteiger partial charge in [-0.1, -0.05) is 12.7 Å². The van der Waals surface area contributed by atoms with Crippen LogP contribution in [0.5, 0.6) is 0 Å². The monoisotopic (exact) mass is 138 g/mol. The lowest BCUT2D eigenvalue weighted by Crippen LogP contribution is -1.97. The molecule has 0 heterocycles. The zero-order chi connectivity index (χ0) is 7.56. The van der Waals surface area contributed by atoms with Crippen molar-refractivity contribution in [3.63, 3.8) is 0 Å². The molecule has 1 aliphatic rings. The SMILES string of the molecule is C=C1C=CC(O)=C(OC)C1. The molecule has 0 aliphatic heterocycles. The zero-order valence-corrected chi connectivity index (χ0v) is 5.92. The van der Waals surface area contributed by atoms with Gasteiger partial charge >= 0.3 is 0 Å². The third-order valence-corrected chi connectivity index (χ3v) is 1.40. The first-order chi connectivity index (χ1) is 4.74. The fourth-order valence-electron chi connectivity index (χ4n) is 0.822. The van der Waals surface area contributed by atoms with E-state index in [0.717, 1.165) is 5.57 Å². The van der Waals surface area contributed by atoms with E-state index in [0.29, 0.717) is 12.2 Å². The van der Waals surface area contributed by atoms with Crippen LogP contribution in [0.3, 0.4) is 0 Å². The largest absolute Gasteiger partial charge is 0.504 e. The van der Waals surface area contributed by atoms with Crippen molar-refractivity contribution in [2.45, 2.75) is 6.42 Å². The lowest BCUT2D eigenvalue weighted by Gasteiger charge is -2.11. The highest BCUT2D eigenvalue weighted by atomic mass is 16.5. The van der Waals surface area contributed by atoms with Crippen LogP contribution in [-0.4, -0.2) is 12.2 Å². The molecule has 0 unspecified atom stereocenters. The van der Waals surface area contributed by atoms with Crippen LogP contribution in [0, 0.1) is 0 Å². The van der Waals surface area contributed by atoms with Crippen molar-refractivity contribution in [2.24, 2.45) is 0 Å². The Hall–Kier alpha value is -1.18. The Balaban J connectivity index is 2.84. The Morgan fingerprint density at radius 3 is 2.80 bits per heavy atom. The molecule has 0 radical (unpaired) electrons. The van der Waals surface area contributed by atoms with Gasteiger partial charge in [-0.25, -0.2) is 0 Å². The molecule has 0 fully saturated rings. The fourth-order valence-corrected chi connectivity index (χ4v) is 0.822. The van der Waals surface area contributed by atoms with E-state index in [-0.39, 0.29) is 5.76 Å². The summed E-state index contributed by atoms with van der Waals surface area (Å²) in [5.41, 5.74) is 0.953. The lowest BCUT2D eigenvalue weighted by molar-refractivity contribution is 0.251. The van der Waals surface area contributed by atoms with Crippen LogP contribution in [0.2, 0.25) is 0 Å². The van der Waals surface area contributed by atoms with E-state index in [1.807, 2.05) is 0 Å². The summed E-state index contributed by atoms with van der Waals surface area (Å²) < 4.78 is 4.89. The van der Waals surface area contributed by atoms with Crippen LogP contribution in [-0.2, 0) is 4.74 Å². The van der Waals surface area contributed by atoms with Crippen molar-refractivity contribution in [3.05, 3.63) is 35.8 Å². The number of aliphatic hydroxyl groups excluding tert-OH is 1. The predicted molar refractivity (Wildman–Crippen MR) is 39.6 cm³/mol. The summed E-state index contributed by atoms with van der Waals surface area (Å²) >= 11 is 0. The van der Waals surface area contributed by atoms with Gasteiger partial charge in [-0.3, -0.25) is 0 Å². The Bertz CT molecular complexity index is 211. The van der Waals surface area contributed by atoms with Crippen molar-refractivity contribution < 1.29 is 9.84 Å². The topological polar surface area (TPSA) is 29.5 Å². The molecule has 2 heteroatoms. The summed E-state index contributed by atoms with van der Waals surface area (Å²) in [6.45, 7) is 3.73. The Morgan fingerprint density at radius 1 is 1.60 bits per heavy atom. The number of aliphatic hydroxyl groups is 1. The predicted octanol–water partition coefficient (Wildman–Crippen LogP) is 1.92. The minimum absolute atomic E-state index is 0.204. The van der Waals surface area contributed by atoms with Crippen molar-refractivity contribution in [3.8, 4) is 0 Å². The lowest BCUT2D eigenvalue weighted by atomic mass is 10.1. The maximum atomic E-state index is 9.11. The van der Waals surface area contributed by atoms with Crippen LogP contribution in [0.25, 0.3) is 0 Å². The van der Waals surface area contributed by atoms with Crippen LogP contribution < -0.4 is 0 Å². The second kappa shape index (κ2) is 2.60. The maximum absolute atomic E-state index is 9.11. The molecule has 0 atom stereocenters. The molecule has 0 aromatic heterocycles. The number of ether oxygens (including phenoxy) is 1. The minimum atomic E-state index is 0.204. The number of methoxy groups -OCH3 is 1. The maximum Gasteiger partial charge on any atom is 0.153 e. The number of hydrogen-bond donors (Lipinski definition) is 1. The first-order valence-electron chi connectivity index (χ1n) is 3.06. The third-order valence-electron chi connectivity index (χ3n) is 1.40. The Labute approximate surface area is 60.1 Å². The molecule has 1 rings (SSSR count). The molecule has 1 N–H and O–H groups in total. The average Bonchev–Trinajstić information content (AvgIpc) is 1.94. The van der Waals surface area contributed by atoms with E-state index in [4.69, 9.17) is 9.84 Å². The highest BCUT2D eigenvalue weighted by Crippen LogP contribution is 2.20. The van der Waals surface area contributed by atoms with Gasteiger partial charge in [-0.05, 0) is 11.6 Å². The molecule has 54 valence electrons. The highest BCUT2D eigenvalue weighted by Gasteiger charge is 2.08. The molecular weight excluding hydrogens is 128 g/mol. The average molecular weight is 138 g/mol. The number of allylic oxidation sites excluding steroid dienone is 3. The third kappa shape index (κ3) is 1.21. The molecule has 0 aromatic rings. The molecule has 1 aliphatic carbocycles. The number of rotatable bonds is 1. The van der Waals surface area contributed by atoms with Gasteiger partial charge in [-0.2, -0.15) is 0 Å². The van der Waals surface area contributed by atoms with Crippen LogP contribution >= 0.6 is 0 Å². The van der Waals surface area contributed by atoms with Gasteiger partial charge in [0, 0.05) is 6.42 Å². The second-order valence-corrected chi connectivity index (χ2v) is 2.18. The van der Waals surface area contributed by atoms with E-state index in [1.165, 1.54) is 7.11 Å². The summed E-state index contributed by atoms with van der Waals surface area (Å²) in [6, 6.07) is 0. The van der Waals surface area contributed by atoms with Gasteiger partial charge in [0.2, 0.25) is 0 Å². The highest BCUT2D eigenvalue weighted by molar-refractivity contribution is 5.33. The van der Waals surface area contributed by atoms with Gasteiger partial charge in [0.25, 0.3) is 0 Å². The van der Waals surface area contributed by atoms with Crippen LogP contribution in [0.15, 0.2) is 35.8 Å². The van der Waals surface area contributed by atoms with E-state index >= 15 is 0 Å². The van der Waals surface area contributed by atoms with Crippen molar-refractivity contribution in [2.75, 3.05) is 7.11 Å². The molecule has 0 aromatic carbocycles. The second-order valence-electron chi connectivity index (χ2n) is 2.18. The standard InChI is InChI=1S/C8H10O2/c1-6-3-4-7(9)8(5-6)10-2/h3-4,9H,1,5H2,2H3. The van der Waals surface area contributed by atoms with E-state index in [1.54, 1.807) is 12.2 Å². The molecular formula is C8H10O2. The molecule has 0 saturated carbocycles. The van der Waals surface area contributed by atoms with E-state index in [2.05, 4.69) is 6.58 Å². The quantitative estimate of drug-likeness (QED) is 0.599. The van der Waals surface area contributed by atoms with Crippen LogP contribution in [0.1, 0.15) is 6.42 Å². The Kier molecular flexibility index (Phi) is 1.81. The van der Waals surface area contributed by atoms with Gasteiger partial charge in [0.15, 0.2) is 5.76 Å². The molecule has 0 saturated heterocycles. The van der Waals surface area contributed by atoms with Gasteiger partial charge in [0.1, 0.15) is 5.76 Å². The normalized spacial score (nSPS) is 17.9. The fraction of sp³-hybridized carbons (Fsp3) is 0.250. The summed E-state index contributed by atoms with van der Waals surface area (Å²) in [5.74, 6) is 0.794. The molecule has 2 nitrogen and oxygen atoms in total. The smallest absolute Gasteiger partial charge is 0.153 e. The summed E-state index contributed by atoms with van der Waals surface area (Å²) in [4.78, 5) is 0. The van der Waals surface area contributed by atoms with E-state index < -0.39 is 0 Å².